The van der Waals surface area contributed by atoms with Crippen molar-refractivity contribution in [3.8, 4) is 5.69 Å². The van der Waals surface area contributed by atoms with Crippen LogP contribution >= 0.6 is 11.8 Å². The number of benzene rings is 2. The Bertz CT molecular complexity index is 1610. The lowest BCUT2D eigenvalue weighted by molar-refractivity contribution is 0.0697. The van der Waals surface area contributed by atoms with E-state index >= 15 is 0 Å². The Kier molecular flexibility index (Phi) is 6.09. The number of para-hydroxylation sites is 1. The molecule has 0 aliphatic rings. The molecule has 11 nitrogen and oxygen atoms in total. The van der Waals surface area contributed by atoms with E-state index in [1.807, 2.05) is 30.3 Å². The van der Waals surface area contributed by atoms with Crippen molar-refractivity contribution in [1.82, 2.24) is 29.6 Å². The first-order valence-corrected chi connectivity index (χ1v) is 11.2. The predicted molar refractivity (Wildman–Crippen MR) is 126 cm³/mol. The lowest BCUT2D eigenvalue weighted by atomic mass is 10.2. The molecule has 35 heavy (non-hydrogen) atoms. The Labute approximate surface area is 201 Å². The van der Waals surface area contributed by atoms with E-state index in [4.69, 9.17) is 0 Å². The van der Waals surface area contributed by atoms with E-state index in [9.17, 15) is 14.7 Å². The van der Waals surface area contributed by atoms with Gasteiger partial charge in [0.05, 0.1) is 29.0 Å². The summed E-state index contributed by atoms with van der Waals surface area (Å²) in [7, 11) is 0. The van der Waals surface area contributed by atoms with Crippen LogP contribution in [0.1, 0.15) is 15.9 Å². The predicted octanol–water partition coefficient (Wildman–Crippen LogP) is 3.80. The molecule has 0 aliphatic heterocycles. The Hall–Kier alpha value is -4.71. The molecule has 0 amide bonds. The average Bonchev–Trinajstić information content (AvgIpc) is 3.35. The maximum absolute atomic E-state index is 13.3. The molecule has 0 bridgehead atoms. The second-order valence-corrected chi connectivity index (χ2v) is 8.12. The highest BCUT2D eigenvalue weighted by Crippen LogP contribution is 2.28. The largest absolute Gasteiger partial charge is 0.478 e. The van der Waals surface area contributed by atoms with Crippen molar-refractivity contribution in [1.29, 1.82) is 0 Å². The van der Waals surface area contributed by atoms with Gasteiger partial charge in [0.2, 0.25) is 5.16 Å². The molecule has 2 aromatic carbocycles. The maximum Gasteiger partial charge on any atom is 0.337 e. The van der Waals surface area contributed by atoms with Crippen LogP contribution in [0, 0.1) is 0 Å². The zero-order valence-electron chi connectivity index (χ0n) is 18.0. The number of hydrogen-bond donors (Lipinski definition) is 1. The molecule has 0 atom stereocenters. The van der Waals surface area contributed by atoms with E-state index in [0.717, 1.165) is 17.4 Å². The highest BCUT2D eigenvalue weighted by atomic mass is 32.2. The van der Waals surface area contributed by atoms with Crippen LogP contribution in [0.5, 0.6) is 0 Å². The van der Waals surface area contributed by atoms with E-state index < -0.39 is 5.97 Å². The molecule has 5 aromatic rings. The number of azo groups is 1. The summed E-state index contributed by atoms with van der Waals surface area (Å²) >= 11 is 1.13. The minimum atomic E-state index is -1.11. The number of hydrogen-bond acceptors (Lipinski definition) is 9. The zero-order chi connectivity index (χ0) is 24.2. The molecule has 0 fully saturated rings. The second kappa shape index (κ2) is 9.65. The molecule has 12 heteroatoms. The smallest absolute Gasteiger partial charge is 0.337 e. The third-order valence-corrected chi connectivity index (χ3v) is 5.93. The lowest BCUT2D eigenvalue weighted by Gasteiger charge is -2.09. The number of carboxylic acid groups (broad SMARTS) is 1. The lowest BCUT2D eigenvalue weighted by Crippen LogP contribution is -2.20. The summed E-state index contributed by atoms with van der Waals surface area (Å²) in [6, 6.07) is 20.8. The molecule has 0 spiro atoms. The van der Waals surface area contributed by atoms with Crippen LogP contribution in [0.4, 0.5) is 5.69 Å². The van der Waals surface area contributed by atoms with Crippen LogP contribution in [-0.4, -0.2) is 40.7 Å². The van der Waals surface area contributed by atoms with Crippen LogP contribution < -0.4 is 5.56 Å². The van der Waals surface area contributed by atoms with Crippen molar-refractivity contribution in [3.05, 3.63) is 100 Å². The van der Waals surface area contributed by atoms with Crippen LogP contribution in [0.25, 0.3) is 11.3 Å². The molecule has 0 saturated heterocycles. The maximum atomic E-state index is 13.3. The topological polar surface area (TPSA) is 140 Å². The van der Waals surface area contributed by atoms with Gasteiger partial charge < -0.3 is 5.11 Å². The molecule has 1 N–H and O–H groups in total. The van der Waals surface area contributed by atoms with Crippen molar-refractivity contribution in [2.24, 2.45) is 10.2 Å². The third kappa shape index (κ3) is 4.54. The van der Waals surface area contributed by atoms with Crippen molar-refractivity contribution < 1.29 is 9.90 Å². The number of aromatic nitrogens is 6. The fraction of sp³-hybridized carbons (Fsp3) is 0.0435. The molecule has 172 valence electrons. The number of rotatable bonds is 7. The summed E-state index contributed by atoms with van der Waals surface area (Å²) < 4.78 is 2.97. The zero-order valence-corrected chi connectivity index (χ0v) is 18.8. The fourth-order valence-corrected chi connectivity index (χ4v) is 4.20. The third-order valence-electron chi connectivity index (χ3n) is 4.96. The van der Waals surface area contributed by atoms with Crippen LogP contribution in [0.2, 0.25) is 0 Å². The molecule has 0 saturated carbocycles. The number of carboxylic acids is 1. The summed E-state index contributed by atoms with van der Waals surface area (Å²) in [4.78, 5) is 29.4. The highest BCUT2D eigenvalue weighted by Gasteiger charge is 2.18. The Morgan fingerprint density at radius 2 is 1.77 bits per heavy atom. The molecular formula is C23H16N8O3S. The molecule has 0 unspecified atom stereocenters. The van der Waals surface area contributed by atoms with Crippen LogP contribution in [-0.2, 0) is 6.54 Å². The summed E-state index contributed by atoms with van der Waals surface area (Å²) in [5.74, 6) is -1.11. The molecule has 0 aliphatic carbocycles. The monoisotopic (exact) mass is 484 g/mol. The Morgan fingerprint density at radius 1 is 1.00 bits per heavy atom. The van der Waals surface area contributed by atoms with E-state index in [2.05, 4.69) is 30.7 Å². The minimum absolute atomic E-state index is 0.0150. The van der Waals surface area contributed by atoms with Gasteiger partial charge in [0.25, 0.3) is 5.56 Å². The van der Waals surface area contributed by atoms with Gasteiger partial charge in [-0.15, -0.1) is 5.10 Å². The van der Waals surface area contributed by atoms with E-state index in [-0.39, 0.29) is 28.9 Å². The fourth-order valence-electron chi connectivity index (χ4n) is 3.31. The van der Waals surface area contributed by atoms with E-state index in [0.29, 0.717) is 15.8 Å². The number of tetrazole rings is 1. The SMILES string of the molecule is O=C(O)c1ccccc1N=NCc1c(Sc2nnnn2-c2ccccc2)nc2ccccn2c1=O. The van der Waals surface area contributed by atoms with Gasteiger partial charge in [0.1, 0.15) is 10.7 Å². The van der Waals surface area contributed by atoms with Gasteiger partial charge in [-0.1, -0.05) is 36.4 Å². The van der Waals surface area contributed by atoms with Crippen molar-refractivity contribution in [2.45, 2.75) is 16.7 Å². The van der Waals surface area contributed by atoms with Gasteiger partial charge >= 0.3 is 5.97 Å². The summed E-state index contributed by atoms with van der Waals surface area (Å²) in [5.41, 5.74) is 1.37. The first-order chi connectivity index (χ1) is 17.1. The Morgan fingerprint density at radius 3 is 2.60 bits per heavy atom. The first kappa shape index (κ1) is 22.1. The summed E-state index contributed by atoms with van der Waals surface area (Å²) in [5, 5.41) is 30.3. The standard InChI is InChI=1S/C23H16N8O3S/c32-21-17(14-24-26-18-11-5-4-10-16(18)22(33)34)20(25-19-12-6-7-13-30(19)21)35-23-27-28-29-31(23)15-8-2-1-3-9-15/h1-13H,14H2,(H,33,34). The van der Waals surface area contributed by atoms with Gasteiger partial charge in [-0.3, -0.25) is 9.20 Å². The molecular weight excluding hydrogens is 468 g/mol. The molecule has 0 radical (unpaired) electrons. The van der Waals surface area contributed by atoms with Crippen LogP contribution in [0.3, 0.4) is 0 Å². The number of carbonyl (C=O) groups is 1. The van der Waals surface area contributed by atoms with Gasteiger partial charge in [-0.05, 0) is 58.6 Å². The van der Waals surface area contributed by atoms with Crippen LogP contribution in [0.15, 0.2) is 104 Å². The quantitative estimate of drug-likeness (QED) is 0.272. The number of aromatic carboxylic acids is 1. The molecule has 3 aromatic heterocycles. The normalized spacial score (nSPS) is 11.3. The summed E-state index contributed by atoms with van der Waals surface area (Å²) in [6.07, 6.45) is 1.62. The average molecular weight is 485 g/mol. The highest BCUT2D eigenvalue weighted by molar-refractivity contribution is 7.99. The van der Waals surface area contributed by atoms with Crippen molar-refractivity contribution in [3.63, 3.8) is 0 Å². The summed E-state index contributed by atoms with van der Waals surface area (Å²) in [6.45, 7) is -0.118. The second-order valence-electron chi connectivity index (χ2n) is 7.16. The Balaban J connectivity index is 1.55. The van der Waals surface area contributed by atoms with Gasteiger partial charge in [0.15, 0.2) is 0 Å². The van der Waals surface area contributed by atoms with E-state index in [1.165, 1.54) is 10.5 Å². The molecule has 5 rings (SSSR count). The molecule has 3 heterocycles. The van der Waals surface area contributed by atoms with Crippen molar-refractivity contribution in [2.75, 3.05) is 0 Å². The van der Waals surface area contributed by atoms with E-state index in [1.54, 1.807) is 47.3 Å². The van der Waals surface area contributed by atoms with Gasteiger partial charge in [-0.2, -0.15) is 14.9 Å². The minimum Gasteiger partial charge on any atom is -0.478 e. The van der Waals surface area contributed by atoms with Gasteiger partial charge in [-0.25, -0.2) is 9.78 Å². The number of nitrogens with zero attached hydrogens (tertiary/aromatic N) is 8. The number of pyridine rings is 1. The first-order valence-electron chi connectivity index (χ1n) is 10.3. The van der Waals surface area contributed by atoms with Gasteiger partial charge in [0, 0.05) is 6.20 Å². The number of fused-ring (bicyclic) bond motifs is 1. The van der Waals surface area contributed by atoms with Crippen molar-refractivity contribution >= 4 is 29.1 Å².